The summed E-state index contributed by atoms with van der Waals surface area (Å²) in [7, 11) is 1.71. The summed E-state index contributed by atoms with van der Waals surface area (Å²) in [6, 6.07) is 6.23. The van der Waals surface area contributed by atoms with E-state index in [0.717, 1.165) is 35.3 Å². The molecule has 5 nitrogen and oxygen atoms in total. The van der Waals surface area contributed by atoms with Crippen molar-refractivity contribution >= 4 is 0 Å². The molecule has 3 aliphatic rings. The van der Waals surface area contributed by atoms with Crippen LogP contribution in [0.1, 0.15) is 38.5 Å². The summed E-state index contributed by atoms with van der Waals surface area (Å²) in [4.78, 5) is 7.15. The average Bonchev–Trinajstić information content (AvgIpc) is 3.60. The van der Waals surface area contributed by atoms with E-state index in [-0.39, 0.29) is 0 Å². The largest absolute Gasteiger partial charge is 0.493 e. The molecule has 1 aliphatic heterocycles. The minimum Gasteiger partial charge on any atom is -0.493 e. The van der Waals surface area contributed by atoms with Gasteiger partial charge < -0.3 is 14.0 Å². The molecule has 0 amide bonds. The Balaban J connectivity index is 1.33. The highest BCUT2D eigenvalue weighted by Crippen LogP contribution is 2.60. The highest BCUT2D eigenvalue weighted by molar-refractivity contribution is 5.62. The summed E-state index contributed by atoms with van der Waals surface area (Å²) in [6.45, 7) is 4.09. The molecular formula is C22H29N3O2. The molecule has 0 N–H and O–H groups in total. The Morgan fingerprint density at radius 2 is 1.96 bits per heavy atom. The van der Waals surface area contributed by atoms with Gasteiger partial charge in [0.15, 0.2) is 11.5 Å². The number of benzene rings is 1. The molecule has 2 heterocycles. The fraction of sp³-hybridized carbons (Fsp3) is 0.591. The fourth-order valence-corrected chi connectivity index (χ4v) is 4.69. The third-order valence-corrected chi connectivity index (χ3v) is 6.51. The monoisotopic (exact) mass is 367 g/mol. The van der Waals surface area contributed by atoms with Crippen LogP contribution in [0.2, 0.25) is 0 Å². The summed E-state index contributed by atoms with van der Waals surface area (Å²) in [6.07, 6.45) is 12.0. The van der Waals surface area contributed by atoms with E-state index >= 15 is 0 Å². The van der Waals surface area contributed by atoms with Gasteiger partial charge in [0, 0.05) is 30.0 Å². The Hall–Kier alpha value is -2.01. The Kier molecular flexibility index (Phi) is 4.35. The number of hydrogen-bond acceptors (Lipinski definition) is 4. The summed E-state index contributed by atoms with van der Waals surface area (Å²) in [5, 5.41) is 0. The van der Waals surface area contributed by atoms with Gasteiger partial charge >= 0.3 is 0 Å². The van der Waals surface area contributed by atoms with E-state index in [1.807, 2.05) is 12.3 Å². The smallest absolute Gasteiger partial charge is 0.161 e. The van der Waals surface area contributed by atoms with Gasteiger partial charge in [-0.25, -0.2) is 4.98 Å². The van der Waals surface area contributed by atoms with Gasteiger partial charge in [0.25, 0.3) is 0 Å². The molecule has 0 spiro atoms. The minimum absolute atomic E-state index is 0.337. The fourth-order valence-electron chi connectivity index (χ4n) is 4.69. The van der Waals surface area contributed by atoms with Gasteiger partial charge in [-0.2, -0.15) is 0 Å². The summed E-state index contributed by atoms with van der Waals surface area (Å²) >= 11 is 0. The zero-order valence-corrected chi connectivity index (χ0v) is 16.2. The third kappa shape index (κ3) is 3.22. The molecule has 0 bridgehead atoms. The lowest BCUT2D eigenvalue weighted by Crippen LogP contribution is -2.25. The van der Waals surface area contributed by atoms with Crippen molar-refractivity contribution in [1.29, 1.82) is 0 Å². The van der Waals surface area contributed by atoms with Gasteiger partial charge in [-0.1, -0.05) is 0 Å². The number of aromatic nitrogens is 2. The topological polar surface area (TPSA) is 39.5 Å². The maximum atomic E-state index is 6.03. The second kappa shape index (κ2) is 6.86. The maximum Gasteiger partial charge on any atom is 0.161 e. The predicted octanol–water partition coefficient (Wildman–Crippen LogP) is 3.93. The molecule has 3 fully saturated rings. The molecule has 27 heavy (non-hydrogen) atoms. The summed E-state index contributed by atoms with van der Waals surface area (Å²) in [5.41, 5.74) is 1.44. The number of ether oxygens (including phenoxy) is 2. The first-order chi connectivity index (χ1) is 13.3. The first-order valence-electron chi connectivity index (χ1n) is 10.4. The second-order valence-electron chi connectivity index (χ2n) is 8.26. The van der Waals surface area contributed by atoms with E-state index in [9.17, 15) is 0 Å². The van der Waals surface area contributed by atoms with Crippen LogP contribution in [0.25, 0.3) is 11.4 Å². The molecule has 2 aromatic rings. The van der Waals surface area contributed by atoms with Gasteiger partial charge in [0.05, 0.1) is 7.11 Å². The molecule has 1 aromatic carbocycles. The molecule has 0 unspecified atom stereocenters. The van der Waals surface area contributed by atoms with E-state index < -0.39 is 0 Å². The van der Waals surface area contributed by atoms with Crippen molar-refractivity contribution in [2.75, 3.05) is 33.4 Å². The van der Waals surface area contributed by atoms with Gasteiger partial charge in [0.2, 0.25) is 0 Å². The van der Waals surface area contributed by atoms with Crippen molar-refractivity contribution in [2.24, 2.45) is 5.92 Å². The van der Waals surface area contributed by atoms with E-state index in [1.54, 1.807) is 7.11 Å². The molecular weight excluding hydrogens is 338 g/mol. The van der Waals surface area contributed by atoms with Crippen LogP contribution in [0.4, 0.5) is 0 Å². The Morgan fingerprint density at radius 1 is 1.15 bits per heavy atom. The lowest BCUT2D eigenvalue weighted by molar-refractivity contribution is 0.230. The lowest BCUT2D eigenvalue weighted by atomic mass is 10.1. The van der Waals surface area contributed by atoms with Crippen molar-refractivity contribution in [3.63, 3.8) is 0 Å². The highest BCUT2D eigenvalue weighted by atomic mass is 16.5. The molecule has 2 saturated carbocycles. The Labute approximate surface area is 161 Å². The molecule has 0 radical (unpaired) electrons. The van der Waals surface area contributed by atoms with Crippen LogP contribution >= 0.6 is 0 Å². The zero-order valence-electron chi connectivity index (χ0n) is 16.2. The minimum atomic E-state index is 0.337. The number of methoxy groups -OCH3 is 1. The van der Waals surface area contributed by atoms with E-state index in [2.05, 4.69) is 32.8 Å². The zero-order chi connectivity index (χ0) is 18.3. The molecule has 5 rings (SSSR count). The first kappa shape index (κ1) is 17.1. The van der Waals surface area contributed by atoms with Crippen molar-refractivity contribution in [3.05, 3.63) is 30.6 Å². The predicted molar refractivity (Wildman–Crippen MR) is 105 cm³/mol. The third-order valence-electron chi connectivity index (χ3n) is 6.51. The van der Waals surface area contributed by atoms with Crippen LogP contribution < -0.4 is 9.47 Å². The van der Waals surface area contributed by atoms with Gasteiger partial charge in [-0.15, -0.1) is 0 Å². The standard InChI is InChI=1S/C22H29N3O2/c1-26-20-16-17(4-7-19(20)27-15-14-24-11-2-3-12-24)21-23-10-13-25(21)22(8-9-22)18-5-6-18/h4,7,10,13,16,18H,2-3,5-6,8-9,11-12,14-15H2,1H3. The number of nitrogens with zero attached hydrogens (tertiary/aromatic N) is 3. The number of hydrogen-bond donors (Lipinski definition) is 0. The highest BCUT2D eigenvalue weighted by Gasteiger charge is 2.55. The van der Waals surface area contributed by atoms with Crippen molar-refractivity contribution in [3.8, 4) is 22.9 Å². The van der Waals surface area contributed by atoms with Gasteiger partial charge in [-0.05, 0) is 75.7 Å². The average molecular weight is 367 g/mol. The van der Waals surface area contributed by atoms with E-state index in [1.165, 1.54) is 51.6 Å². The summed E-state index contributed by atoms with van der Waals surface area (Å²) in [5.74, 6) is 3.52. The molecule has 1 saturated heterocycles. The number of rotatable bonds is 8. The first-order valence-corrected chi connectivity index (χ1v) is 10.4. The normalized spacial score (nSPS) is 21.4. The van der Waals surface area contributed by atoms with Crippen LogP contribution in [-0.4, -0.2) is 47.8 Å². The molecule has 0 atom stereocenters. The molecule has 2 aliphatic carbocycles. The number of likely N-dealkylation sites (tertiary alicyclic amines) is 1. The second-order valence-corrected chi connectivity index (χ2v) is 8.26. The van der Waals surface area contributed by atoms with Crippen LogP contribution in [0.3, 0.4) is 0 Å². The quantitative estimate of drug-likeness (QED) is 0.709. The van der Waals surface area contributed by atoms with E-state index in [0.29, 0.717) is 12.1 Å². The van der Waals surface area contributed by atoms with Gasteiger partial charge in [-0.3, -0.25) is 4.90 Å². The maximum absolute atomic E-state index is 6.03. The van der Waals surface area contributed by atoms with Crippen molar-refractivity contribution in [2.45, 2.75) is 44.1 Å². The molecule has 144 valence electrons. The molecule has 5 heteroatoms. The van der Waals surface area contributed by atoms with E-state index in [4.69, 9.17) is 9.47 Å². The van der Waals surface area contributed by atoms with Crippen LogP contribution in [0.5, 0.6) is 11.5 Å². The van der Waals surface area contributed by atoms with Crippen LogP contribution in [0, 0.1) is 5.92 Å². The Bertz CT molecular complexity index is 802. The lowest BCUT2D eigenvalue weighted by Gasteiger charge is -2.20. The summed E-state index contributed by atoms with van der Waals surface area (Å²) < 4.78 is 14.1. The van der Waals surface area contributed by atoms with Gasteiger partial charge in [0.1, 0.15) is 12.4 Å². The molecule has 1 aromatic heterocycles. The van der Waals surface area contributed by atoms with Crippen molar-refractivity contribution < 1.29 is 9.47 Å². The van der Waals surface area contributed by atoms with Crippen LogP contribution in [-0.2, 0) is 5.54 Å². The van der Waals surface area contributed by atoms with Crippen LogP contribution in [0.15, 0.2) is 30.6 Å². The number of imidazole rings is 1. The Morgan fingerprint density at radius 3 is 2.67 bits per heavy atom. The van der Waals surface area contributed by atoms with Crippen molar-refractivity contribution in [1.82, 2.24) is 14.5 Å². The SMILES string of the molecule is COc1cc(-c2nccn2C2(C3CC3)CC2)ccc1OCCN1CCCC1.